The van der Waals surface area contributed by atoms with E-state index in [4.69, 9.17) is 0 Å². The van der Waals surface area contributed by atoms with Gasteiger partial charge in [0, 0.05) is 6.54 Å². The summed E-state index contributed by atoms with van der Waals surface area (Å²) in [5.74, 6) is -0.139. The minimum absolute atomic E-state index is 0.0331. The lowest BCUT2D eigenvalue weighted by atomic mass is 10.2. The van der Waals surface area contributed by atoms with Crippen molar-refractivity contribution in [2.75, 3.05) is 6.54 Å². The van der Waals surface area contributed by atoms with Crippen molar-refractivity contribution in [1.82, 2.24) is 14.9 Å². The van der Waals surface area contributed by atoms with Gasteiger partial charge in [-0.05, 0) is 17.9 Å². The molecule has 0 aliphatic rings. The Hall–Kier alpha value is -1.69. The Balaban J connectivity index is 1.89. The number of hydrogen-bond acceptors (Lipinski definition) is 4. The summed E-state index contributed by atoms with van der Waals surface area (Å²) < 4.78 is 1.36. The van der Waals surface area contributed by atoms with Gasteiger partial charge in [-0.1, -0.05) is 26.2 Å². The first-order valence-corrected chi connectivity index (χ1v) is 7.79. The molecule has 2 aromatic rings. The van der Waals surface area contributed by atoms with E-state index >= 15 is 0 Å². The van der Waals surface area contributed by atoms with E-state index in [1.807, 2.05) is 5.38 Å². The molecule has 0 saturated carbocycles. The molecule has 0 aromatic carbocycles. The third-order valence-electron chi connectivity index (χ3n) is 3.12. The number of carbonyl (C=O) groups is 1. The highest BCUT2D eigenvalue weighted by Crippen LogP contribution is 2.13. The lowest BCUT2D eigenvalue weighted by Crippen LogP contribution is -2.32. The van der Waals surface area contributed by atoms with E-state index in [2.05, 4.69) is 17.2 Å². The van der Waals surface area contributed by atoms with Crippen molar-refractivity contribution in [3.05, 3.63) is 28.1 Å². The maximum Gasteiger partial charge on any atom is 0.262 e. The SMILES string of the molecule is CCCCCCNC(=O)Cn1cnc2sccc2c1=O. The highest BCUT2D eigenvalue weighted by Gasteiger charge is 2.08. The zero-order chi connectivity index (χ0) is 14.4. The van der Waals surface area contributed by atoms with Gasteiger partial charge in [0.2, 0.25) is 5.91 Å². The largest absolute Gasteiger partial charge is 0.355 e. The van der Waals surface area contributed by atoms with Crippen molar-refractivity contribution in [3.63, 3.8) is 0 Å². The summed E-state index contributed by atoms with van der Waals surface area (Å²) in [6, 6.07) is 1.74. The van der Waals surface area contributed by atoms with E-state index in [9.17, 15) is 9.59 Å². The van der Waals surface area contributed by atoms with Gasteiger partial charge < -0.3 is 5.32 Å². The van der Waals surface area contributed by atoms with Gasteiger partial charge in [-0.15, -0.1) is 11.3 Å². The normalized spacial score (nSPS) is 10.8. The number of hydrogen-bond donors (Lipinski definition) is 1. The molecule has 5 nitrogen and oxygen atoms in total. The van der Waals surface area contributed by atoms with Crippen molar-refractivity contribution < 1.29 is 4.79 Å². The van der Waals surface area contributed by atoms with Gasteiger partial charge >= 0.3 is 0 Å². The molecular formula is C14H19N3O2S. The average Bonchev–Trinajstić information content (AvgIpc) is 2.91. The molecule has 6 heteroatoms. The first-order chi connectivity index (χ1) is 9.72. The molecule has 2 rings (SSSR count). The summed E-state index contributed by atoms with van der Waals surface area (Å²) in [6.07, 6.45) is 5.91. The van der Waals surface area contributed by atoms with Crippen LogP contribution in [0.25, 0.3) is 10.2 Å². The number of rotatable bonds is 7. The number of aromatic nitrogens is 2. The van der Waals surface area contributed by atoms with Gasteiger partial charge in [0.05, 0.1) is 11.7 Å². The molecule has 20 heavy (non-hydrogen) atoms. The van der Waals surface area contributed by atoms with Gasteiger partial charge in [-0.2, -0.15) is 0 Å². The Morgan fingerprint density at radius 3 is 3.05 bits per heavy atom. The number of thiophene rings is 1. The molecule has 0 radical (unpaired) electrons. The van der Waals surface area contributed by atoms with Gasteiger partial charge in [-0.25, -0.2) is 4.98 Å². The second kappa shape index (κ2) is 7.19. The van der Waals surface area contributed by atoms with Crippen molar-refractivity contribution in [2.45, 2.75) is 39.2 Å². The fourth-order valence-electron chi connectivity index (χ4n) is 2.00. The van der Waals surface area contributed by atoms with E-state index in [0.29, 0.717) is 16.8 Å². The minimum Gasteiger partial charge on any atom is -0.355 e. The predicted molar refractivity (Wildman–Crippen MR) is 81.0 cm³/mol. The summed E-state index contributed by atoms with van der Waals surface area (Å²) in [5.41, 5.74) is -0.155. The standard InChI is InChI=1S/C14H19N3O2S/c1-2-3-4-5-7-15-12(18)9-17-10-16-13-11(14(17)19)6-8-20-13/h6,8,10H,2-5,7,9H2,1H3,(H,15,18). The van der Waals surface area contributed by atoms with Gasteiger partial charge in [0.15, 0.2) is 0 Å². The number of nitrogens with zero attached hydrogens (tertiary/aromatic N) is 2. The van der Waals surface area contributed by atoms with Crippen molar-refractivity contribution in [1.29, 1.82) is 0 Å². The van der Waals surface area contributed by atoms with Crippen LogP contribution in [0.15, 0.2) is 22.6 Å². The predicted octanol–water partition coefficient (Wildman–Crippen LogP) is 2.15. The average molecular weight is 293 g/mol. The fourth-order valence-corrected chi connectivity index (χ4v) is 2.72. The highest BCUT2D eigenvalue weighted by atomic mass is 32.1. The number of unbranched alkanes of at least 4 members (excludes halogenated alkanes) is 3. The van der Waals surface area contributed by atoms with Crippen molar-refractivity contribution >= 4 is 27.5 Å². The summed E-state index contributed by atoms with van der Waals surface area (Å²) in [7, 11) is 0. The minimum atomic E-state index is -0.155. The second-order valence-corrected chi connectivity index (χ2v) is 5.62. The summed E-state index contributed by atoms with van der Waals surface area (Å²) >= 11 is 1.43. The third-order valence-corrected chi connectivity index (χ3v) is 3.94. The smallest absolute Gasteiger partial charge is 0.262 e. The summed E-state index contributed by atoms with van der Waals surface area (Å²) in [6.45, 7) is 2.85. The second-order valence-electron chi connectivity index (χ2n) is 4.73. The van der Waals surface area contributed by atoms with E-state index in [-0.39, 0.29) is 18.0 Å². The molecule has 0 saturated heterocycles. The lowest BCUT2D eigenvalue weighted by Gasteiger charge is -2.07. The first kappa shape index (κ1) is 14.7. The molecule has 0 aliphatic carbocycles. The van der Waals surface area contributed by atoms with Crippen LogP contribution < -0.4 is 10.9 Å². The Morgan fingerprint density at radius 2 is 2.25 bits per heavy atom. The Bertz CT molecular complexity index is 633. The third kappa shape index (κ3) is 3.66. The molecule has 1 N–H and O–H groups in total. The van der Waals surface area contributed by atoms with E-state index in [1.165, 1.54) is 35.1 Å². The molecule has 1 amide bonds. The van der Waals surface area contributed by atoms with E-state index in [1.54, 1.807) is 6.07 Å². The molecular weight excluding hydrogens is 274 g/mol. The maximum absolute atomic E-state index is 12.1. The molecule has 0 bridgehead atoms. The zero-order valence-corrected chi connectivity index (χ0v) is 12.4. The number of fused-ring (bicyclic) bond motifs is 1. The topological polar surface area (TPSA) is 64.0 Å². The van der Waals surface area contributed by atoms with Gasteiger partial charge in [-0.3, -0.25) is 14.2 Å². The monoisotopic (exact) mass is 293 g/mol. The van der Waals surface area contributed by atoms with Gasteiger partial charge in [0.25, 0.3) is 5.56 Å². The first-order valence-electron chi connectivity index (χ1n) is 6.91. The lowest BCUT2D eigenvalue weighted by molar-refractivity contribution is -0.121. The summed E-state index contributed by atoms with van der Waals surface area (Å²) in [5, 5.41) is 5.24. The summed E-state index contributed by atoms with van der Waals surface area (Å²) in [4.78, 5) is 28.8. The Labute approximate surface area is 121 Å². The number of nitrogens with one attached hydrogen (secondary N) is 1. The Kier molecular flexibility index (Phi) is 5.29. The fraction of sp³-hybridized carbons (Fsp3) is 0.500. The van der Waals surface area contributed by atoms with Crippen LogP contribution in [-0.2, 0) is 11.3 Å². The number of amides is 1. The van der Waals surface area contributed by atoms with Crippen LogP contribution in [0.1, 0.15) is 32.6 Å². The Morgan fingerprint density at radius 1 is 1.40 bits per heavy atom. The van der Waals surface area contributed by atoms with Crippen LogP contribution in [0.3, 0.4) is 0 Å². The van der Waals surface area contributed by atoms with Crippen molar-refractivity contribution in [2.24, 2.45) is 0 Å². The number of carbonyl (C=O) groups excluding carboxylic acids is 1. The van der Waals surface area contributed by atoms with Crippen molar-refractivity contribution in [3.8, 4) is 0 Å². The highest BCUT2D eigenvalue weighted by molar-refractivity contribution is 7.16. The maximum atomic E-state index is 12.1. The molecule has 2 heterocycles. The quantitative estimate of drug-likeness (QED) is 0.796. The molecule has 0 spiro atoms. The van der Waals surface area contributed by atoms with Crippen LogP contribution in [0.2, 0.25) is 0 Å². The zero-order valence-electron chi connectivity index (χ0n) is 11.6. The van der Waals surface area contributed by atoms with E-state index < -0.39 is 0 Å². The molecule has 108 valence electrons. The van der Waals surface area contributed by atoms with Crippen LogP contribution in [0.5, 0.6) is 0 Å². The van der Waals surface area contributed by atoms with Crippen LogP contribution >= 0.6 is 11.3 Å². The van der Waals surface area contributed by atoms with Crippen LogP contribution in [-0.4, -0.2) is 22.0 Å². The molecule has 0 atom stereocenters. The molecule has 0 unspecified atom stereocenters. The molecule has 0 fully saturated rings. The van der Waals surface area contributed by atoms with E-state index in [0.717, 1.165) is 12.8 Å². The van der Waals surface area contributed by atoms with Gasteiger partial charge in [0.1, 0.15) is 11.4 Å². The molecule has 0 aliphatic heterocycles. The van der Waals surface area contributed by atoms with Crippen LogP contribution in [0.4, 0.5) is 0 Å². The van der Waals surface area contributed by atoms with Crippen LogP contribution in [0, 0.1) is 0 Å². The molecule has 2 aromatic heterocycles.